The second-order valence-corrected chi connectivity index (χ2v) is 16.8. The molecule has 7 heteroatoms. The monoisotopic (exact) mass is 768 g/mol. The van der Waals surface area contributed by atoms with Crippen LogP contribution in [-0.4, -0.2) is 23.0 Å². The Balaban J connectivity index is 0.000000204. The molecule has 0 aliphatic heterocycles. The van der Waals surface area contributed by atoms with E-state index in [1.165, 1.54) is 11.3 Å². The molecule has 0 saturated carbocycles. The molecule has 43 heavy (non-hydrogen) atoms. The third-order valence-corrected chi connectivity index (χ3v) is 9.11. The Labute approximate surface area is 271 Å². The first kappa shape index (κ1) is 29.6. The van der Waals surface area contributed by atoms with Gasteiger partial charge in [0.2, 0.25) is 11.7 Å². The molecule has 6 rings (SSSR count). The maximum absolute atomic E-state index is 13.4. The van der Waals surface area contributed by atoms with Gasteiger partial charge in [-0.3, -0.25) is 0 Å². The van der Waals surface area contributed by atoms with Crippen LogP contribution in [0.3, 0.4) is 0 Å². The van der Waals surface area contributed by atoms with E-state index in [1.807, 2.05) is 76.4 Å². The zero-order valence-corrected chi connectivity index (χ0v) is 28.9. The van der Waals surface area contributed by atoms with Crippen LogP contribution in [0.25, 0.3) is 44.6 Å². The molecule has 0 N–H and O–H groups in total. The van der Waals surface area contributed by atoms with Crippen molar-refractivity contribution in [3.05, 3.63) is 108 Å². The van der Waals surface area contributed by atoms with Gasteiger partial charge < -0.3 is 14.4 Å². The molecule has 4 aromatic heterocycles. The van der Waals surface area contributed by atoms with Gasteiger partial charge >= 0.3 is 0 Å². The standard InChI is InChI=1S/C19H14FN2O.C17H22NSi.Ir/c1-11(2)12-8-9-21-16(10-12)15-5-3-4-13-14-6-7-17(20)22-19(14)23-18(13)15;1-13(2)15-11-16(14-9-7-6-8-10-14)18-12-17(15)19(3,4)5;/h3-4,6-11H,1-2H3;6-9,11-13H,1-5H3;/q2*-1;/i11D;13D;. The van der Waals surface area contributed by atoms with E-state index < -0.39 is 25.8 Å². The topological polar surface area (TPSA) is 51.8 Å². The number of pyridine rings is 3. The smallest absolute Gasteiger partial charge is 0.218 e. The molecular weight excluding hydrogens is 730 g/mol. The van der Waals surface area contributed by atoms with Crippen LogP contribution in [0.1, 0.15) is 53.4 Å². The van der Waals surface area contributed by atoms with E-state index in [9.17, 15) is 4.39 Å². The van der Waals surface area contributed by atoms with Gasteiger partial charge in [-0.15, -0.1) is 54.1 Å². The quantitative estimate of drug-likeness (QED) is 0.0998. The van der Waals surface area contributed by atoms with E-state index in [0.29, 0.717) is 16.8 Å². The molecule has 223 valence electrons. The number of aromatic nitrogens is 3. The van der Waals surface area contributed by atoms with Crippen LogP contribution in [-0.2, 0) is 20.1 Å². The number of halogens is 1. The summed E-state index contributed by atoms with van der Waals surface area (Å²) in [7, 11) is -1.50. The second kappa shape index (κ2) is 13.4. The Kier molecular flexibility index (Phi) is 9.22. The minimum absolute atomic E-state index is 0. The summed E-state index contributed by atoms with van der Waals surface area (Å²) >= 11 is 0. The summed E-state index contributed by atoms with van der Waals surface area (Å²) in [6.07, 6.45) is 3.65. The van der Waals surface area contributed by atoms with E-state index >= 15 is 0 Å². The summed E-state index contributed by atoms with van der Waals surface area (Å²) in [4.78, 5) is 12.8. The molecule has 0 saturated heterocycles. The Morgan fingerprint density at radius 1 is 0.860 bits per heavy atom. The van der Waals surface area contributed by atoms with Gasteiger partial charge in [-0.05, 0) is 46.6 Å². The van der Waals surface area contributed by atoms with Crippen LogP contribution in [0.15, 0.2) is 83.5 Å². The third-order valence-electron chi connectivity index (χ3n) is 7.09. The largest absolute Gasteiger partial charge is 0.486 e. The number of benzene rings is 2. The number of nitrogens with zero attached hydrogens (tertiary/aromatic N) is 3. The summed E-state index contributed by atoms with van der Waals surface area (Å²) in [5.74, 6) is -1.92. The van der Waals surface area contributed by atoms with Gasteiger partial charge in [-0.1, -0.05) is 81.5 Å². The van der Waals surface area contributed by atoms with Crippen molar-refractivity contribution in [2.75, 3.05) is 0 Å². The number of furan rings is 1. The first-order valence-corrected chi connectivity index (χ1v) is 17.5. The SMILES string of the molecule is [2H]C(C)(C)c1cc(-c2[c-]cccc2)ncc1[Si](C)(C)C.[2H]C(C)(C)c1ccnc(-c2[c-]ccc3c2oc2nc(F)ccc23)c1.[Ir]. The molecule has 1 radical (unpaired) electrons. The molecule has 0 aliphatic rings. The summed E-state index contributed by atoms with van der Waals surface area (Å²) in [6, 6.07) is 26.6. The molecule has 0 unspecified atom stereocenters. The van der Waals surface area contributed by atoms with Gasteiger partial charge in [-0.25, -0.2) is 0 Å². The van der Waals surface area contributed by atoms with Crippen molar-refractivity contribution in [1.82, 2.24) is 15.0 Å². The number of hydrogen-bond acceptors (Lipinski definition) is 4. The minimum atomic E-state index is -1.50. The van der Waals surface area contributed by atoms with Gasteiger partial charge in [0.15, 0.2) is 0 Å². The average molecular weight is 768 g/mol. The van der Waals surface area contributed by atoms with Gasteiger partial charge in [0.05, 0.1) is 13.7 Å². The minimum Gasteiger partial charge on any atom is -0.486 e. The predicted molar refractivity (Wildman–Crippen MR) is 173 cm³/mol. The number of fused-ring (bicyclic) bond motifs is 3. The number of rotatable bonds is 5. The molecule has 0 atom stereocenters. The maximum Gasteiger partial charge on any atom is 0.218 e. The summed E-state index contributed by atoms with van der Waals surface area (Å²) in [5, 5.41) is 2.86. The molecule has 0 aliphatic carbocycles. The van der Waals surface area contributed by atoms with Gasteiger partial charge in [-0.2, -0.15) is 9.37 Å². The number of hydrogen-bond donors (Lipinski definition) is 0. The van der Waals surface area contributed by atoms with E-state index in [2.05, 4.69) is 52.8 Å². The fraction of sp³-hybridized carbons (Fsp3) is 0.250. The van der Waals surface area contributed by atoms with Crippen LogP contribution in [0, 0.1) is 18.1 Å². The van der Waals surface area contributed by atoms with Gasteiger partial charge in [0.1, 0.15) is 0 Å². The second-order valence-electron chi connectivity index (χ2n) is 11.8. The maximum atomic E-state index is 13.4. The fourth-order valence-corrected chi connectivity index (χ4v) is 6.42. The molecule has 0 fully saturated rings. The molecule has 4 heterocycles. The zero-order chi connectivity index (χ0) is 31.9. The van der Waals surface area contributed by atoms with E-state index in [4.69, 9.17) is 7.16 Å². The molecule has 0 amide bonds. The van der Waals surface area contributed by atoms with Crippen molar-refractivity contribution in [3.63, 3.8) is 0 Å². The Morgan fingerprint density at radius 3 is 2.33 bits per heavy atom. The van der Waals surface area contributed by atoms with Gasteiger partial charge in [0.25, 0.3) is 0 Å². The van der Waals surface area contributed by atoms with Crippen molar-refractivity contribution in [1.29, 1.82) is 0 Å². The molecule has 4 nitrogen and oxygen atoms in total. The van der Waals surface area contributed by atoms with Crippen molar-refractivity contribution < 1.29 is 31.7 Å². The Hall–Kier alpha value is -3.51. The van der Waals surface area contributed by atoms with E-state index in [-0.39, 0.29) is 25.8 Å². The third kappa shape index (κ3) is 7.18. The normalized spacial score (nSPS) is 12.7. The summed E-state index contributed by atoms with van der Waals surface area (Å²) in [6.45, 7) is 14.4. The Morgan fingerprint density at radius 2 is 1.65 bits per heavy atom. The molecule has 2 aromatic carbocycles. The zero-order valence-electron chi connectivity index (χ0n) is 27.5. The predicted octanol–water partition coefficient (Wildman–Crippen LogP) is 9.32. The van der Waals surface area contributed by atoms with Crippen LogP contribution in [0.5, 0.6) is 0 Å². The van der Waals surface area contributed by atoms with Crippen LogP contribution in [0.4, 0.5) is 4.39 Å². The molecule has 6 aromatic rings. The summed E-state index contributed by atoms with van der Waals surface area (Å²) < 4.78 is 35.8. The fourth-order valence-electron chi connectivity index (χ4n) is 4.83. The van der Waals surface area contributed by atoms with Crippen molar-refractivity contribution in [2.45, 2.75) is 59.1 Å². The molecule has 0 bridgehead atoms. The van der Waals surface area contributed by atoms with Gasteiger partial charge in [0, 0.05) is 40.6 Å². The van der Waals surface area contributed by atoms with Crippen molar-refractivity contribution in [2.24, 2.45) is 0 Å². The van der Waals surface area contributed by atoms with E-state index in [1.54, 1.807) is 18.3 Å². The molecular formula is C36H36FIrN3OSi-2. The van der Waals surface area contributed by atoms with Crippen LogP contribution in [0.2, 0.25) is 19.6 Å². The Bertz CT molecular complexity index is 1940. The van der Waals surface area contributed by atoms with Crippen LogP contribution < -0.4 is 5.19 Å². The van der Waals surface area contributed by atoms with Crippen molar-refractivity contribution in [3.8, 4) is 22.5 Å². The first-order valence-electron chi connectivity index (χ1n) is 15.0. The first-order chi connectivity index (χ1) is 20.6. The molecule has 0 spiro atoms. The average Bonchev–Trinajstić information content (AvgIpc) is 3.34. The van der Waals surface area contributed by atoms with E-state index in [0.717, 1.165) is 33.2 Å². The van der Waals surface area contributed by atoms with Crippen molar-refractivity contribution >= 4 is 35.3 Å². The summed E-state index contributed by atoms with van der Waals surface area (Å²) in [5.41, 5.74) is 6.00. The van der Waals surface area contributed by atoms with Crippen LogP contribution >= 0.6 is 0 Å².